The third-order valence-corrected chi connectivity index (χ3v) is 4.05. The third-order valence-electron chi connectivity index (χ3n) is 4.05. The first-order chi connectivity index (χ1) is 13.4. The average molecular weight is 382 g/mol. The van der Waals surface area contributed by atoms with Gasteiger partial charge in [0.05, 0.1) is 17.0 Å². The Morgan fingerprint density at radius 2 is 1.68 bits per heavy atom. The molecule has 9 heteroatoms. The monoisotopic (exact) mass is 382 g/mol. The van der Waals surface area contributed by atoms with Gasteiger partial charge >= 0.3 is 6.18 Å². The van der Waals surface area contributed by atoms with E-state index < -0.39 is 11.7 Å². The quantitative estimate of drug-likeness (QED) is 0.554. The molecule has 0 amide bonds. The molecule has 0 saturated heterocycles. The van der Waals surface area contributed by atoms with E-state index in [4.69, 9.17) is 5.73 Å². The molecule has 3 N–H and O–H groups in total. The van der Waals surface area contributed by atoms with E-state index in [1.807, 2.05) is 0 Å². The Labute approximate surface area is 157 Å². The van der Waals surface area contributed by atoms with Crippen molar-refractivity contribution < 1.29 is 13.2 Å². The largest absolute Gasteiger partial charge is 0.416 e. The van der Waals surface area contributed by atoms with Crippen LogP contribution in [0.2, 0.25) is 0 Å². The second kappa shape index (κ2) is 6.76. The van der Waals surface area contributed by atoms with Gasteiger partial charge in [-0.25, -0.2) is 15.0 Å². The lowest BCUT2D eigenvalue weighted by molar-refractivity contribution is -0.137. The maximum atomic E-state index is 13.2. The van der Waals surface area contributed by atoms with Crippen molar-refractivity contribution in [3.8, 4) is 34.0 Å². The number of alkyl halides is 3. The van der Waals surface area contributed by atoms with Crippen molar-refractivity contribution >= 4 is 5.95 Å². The smallest absolute Gasteiger partial charge is 0.368 e. The van der Waals surface area contributed by atoms with E-state index in [0.717, 1.165) is 17.7 Å². The molecule has 0 aliphatic carbocycles. The number of imidazole rings is 1. The topological polar surface area (TPSA) is 93.4 Å². The molecule has 6 nitrogen and oxygen atoms in total. The number of rotatable bonds is 3. The Hall–Kier alpha value is -3.75. The van der Waals surface area contributed by atoms with Gasteiger partial charge in [0.25, 0.3) is 0 Å². The van der Waals surface area contributed by atoms with Crippen molar-refractivity contribution in [1.29, 1.82) is 0 Å². The molecule has 0 saturated carbocycles. The summed E-state index contributed by atoms with van der Waals surface area (Å²) in [6.45, 7) is 0. The molecule has 0 aliphatic heterocycles. The number of aromatic nitrogens is 5. The summed E-state index contributed by atoms with van der Waals surface area (Å²) in [5.74, 6) is 0.517. The van der Waals surface area contributed by atoms with Crippen LogP contribution in [0.5, 0.6) is 0 Å². The summed E-state index contributed by atoms with van der Waals surface area (Å²) in [7, 11) is 0. The van der Waals surface area contributed by atoms with Crippen LogP contribution >= 0.6 is 0 Å². The van der Waals surface area contributed by atoms with Gasteiger partial charge < -0.3 is 10.7 Å². The molecule has 4 rings (SSSR count). The van der Waals surface area contributed by atoms with Gasteiger partial charge in [-0.05, 0) is 30.3 Å². The van der Waals surface area contributed by atoms with E-state index >= 15 is 0 Å². The number of halogens is 3. The van der Waals surface area contributed by atoms with Gasteiger partial charge in [-0.15, -0.1) is 0 Å². The predicted octanol–water partition coefficient (Wildman–Crippen LogP) is 4.20. The highest BCUT2D eigenvalue weighted by atomic mass is 19.4. The fourth-order valence-electron chi connectivity index (χ4n) is 2.77. The van der Waals surface area contributed by atoms with Crippen molar-refractivity contribution in [2.45, 2.75) is 6.18 Å². The average Bonchev–Trinajstić information content (AvgIpc) is 3.14. The van der Waals surface area contributed by atoms with Crippen LogP contribution in [0.1, 0.15) is 5.56 Å². The minimum absolute atomic E-state index is 0.0425. The number of anilines is 1. The lowest BCUT2D eigenvalue weighted by atomic mass is 10.1. The first-order valence-electron chi connectivity index (χ1n) is 8.19. The van der Waals surface area contributed by atoms with E-state index in [-0.39, 0.29) is 5.95 Å². The van der Waals surface area contributed by atoms with Crippen LogP contribution in [0.3, 0.4) is 0 Å². The highest BCUT2D eigenvalue weighted by molar-refractivity contribution is 5.80. The molecular formula is C19H13F3N6. The summed E-state index contributed by atoms with van der Waals surface area (Å²) in [4.78, 5) is 19.6. The van der Waals surface area contributed by atoms with Gasteiger partial charge in [0.2, 0.25) is 5.95 Å². The highest BCUT2D eigenvalue weighted by Crippen LogP contribution is 2.36. The van der Waals surface area contributed by atoms with Gasteiger partial charge in [-0.1, -0.05) is 12.1 Å². The Balaban J connectivity index is 1.92. The molecule has 0 spiro atoms. The van der Waals surface area contributed by atoms with E-state index in [0.29, 0.717) is 28.5 Å². The van der Waals surface area contributed by atoms with E-state index in [1.165, 1.54) is 12.3 Å². The molecule has 0 aliphatic rings. The maximum Gasteiger partial charge on any atom is 0.416 e. The van der Waals surface area contributed by atoms with Crippen molar-refractivity contribution in [3.63, 3.8) is 0 Å². The molecule has 0 unspecified atom stereocenters. The normalized spacial score (nSPS) is 11.5. The fraction of sp³-hybridized carbons (Fsp3) is 0.0526. The summed E-state index contributed by atoms with van der Waals surface area (Å²) in [6, 6.07) is 10.1. The minimum Gasteiger partial charge on any atom is -0.368 e. The van der Waals surface area contributed by atoms with Crippen molar-refractivity contribution in [3.05, 3.63) is 66.6 Å². The number of H-pyrrole nitrogens is 1. The predicted molar refractivity (Wildman–Crippen MR) is 97.7 cm³/mol. The zero-order valence-electron chi connectivity index (χ0n) is 14.3. The molecule has 0 fully saturated rings. The molecule has 0 bridgehead atoms. The van der Waals surface area contributed by atoms with Crippen LogP contribution in [0.15, 0.2) is 61.1 Å². The van der Waals surface area contributed by atoms with Gasteiger partial charge in [0.15, 0.2) is 0 Å². The van der Waals surface area contributed by atoms with E-state index in [9.17, 15) is 13.2 Å². The number of nitrogens with zero attached hydrogens (tertiary/aromatic N) is 4. The lowest BCUT2D eigenvalue weighted by Crippen LogP contribution is -2.04. The number of nitrogen functional groups attached to an aromatic ring is 1. The highest BCUT2D eigenvalue weighted by Gasteiger charge is 2.31. The summed E-state index contributed by atoms with van der Waals surface area (Å²) >= 11 is 0. The van der Waals surface area contributed by atoms with Crippen LogP contribution in [-0.2, 0) is 6.18 Å². The first kappa shape index (κ1) is 17.7. The SMILES string of the molecule is Nc1nccc(-c2nc(-c3ccncc3)[nH]c2-c2cccc(C(F)(F)F)c2)n1. The van der Waals surface area contributed by atoms with Crippen LogP contribution in [0.25, 0.3) is 34.0 Å². The number of nitrogens with two attached hydrogens (primary N) is 1. The number of hydrogen-bond donors (Lipinski definition) is 2. The Morgan fingerprint density at radius 1 is 0.893 bits per heavy atom. The molecule has 3 aromatic heterocycles. The Bertz CT molecular complexity index is 1120. The molecule has 140 valence electrons. The minimum atomic E-state index is -4.45. The Morgan fingerprint density at radius 3 is 2.39 bits per heavy atom. The van der Waals surface area contributed by atoms with Crippen LogP contribution in [0, 0.1) is 0 Å². The molecule has 28 heavy (non-hydrogen) atoms. The molecular weight excluding hydrogens is 369 g/mol. The third kappa shape index (κ3) is 3.41. The zero-order chi connectivity index (χ0) is 19.7. The van der Waals surface area contributed by atoms with Crippen LogP contribution < -0.4 is 5.73 Å². The van der Waals surface area contributed by atoms with Crippen LogP contribution in [0.4, 0.5) is 19.1 Å². The van der Waals surface area contributed by atoms with Crippen LogP contribution in [-0.4, -0.2) is 24.9 Å². The maximum absolute atomic E-state index is 13.2. The molecule has 3 heterocycles. The van der Waals surface area contributed by atoms with E-state index in [1.54, 1.807) is 36.7 Å². The number of aromatic amines is 1. The van der Waals surface area contributed by atoms with Gasteiger partial charge in [-0.3, -0.25) is 4.98 Å². The van der Waals surface area contributed by atoms with Crippen molar-refractivity contribution in [2.24, 2.45) is 0 Å². The lowest BCUT2D eigenvalue weighted by Gasteiger charge is -2.09. The van der Waals surface area contributed by atoms with Gasteiger partial charge in [0.1, 0.15) is 11.5 Å². The second-order valence-electron chi connectivity index (χ2n) is 5.92. The standard InChI is InChI=1S/C19H13F3N6/c20-19(21,22)13-3-1-2-12(10-13)15-16(14-6-9-25-18(23)26-14)28-17(27-15)11-4-7-24-8-5-11/h1-10H,(H,27,28)(H2,23,25,26). The molecule has 0 atom stereocenters. The van der Waals surface area contributed by atoms with Gasteiger partial charge in [0, 0.05) is 29.7 Å². The van der Waals surface area contributed by atoms with Crippen molar-refractivity contribution in [2.75, 3.05) is 5.73 Å². The summed E-state index contributed by atoms with van der Waals surface area (Å²) < 4.78 is 39.5. The number of benzene rings is 1. The first-order valence-corrected chi connectivity index (χ1v) is 8.19. The number of pyridine rings is 1. The Kier molecular flexibility index (Phi) is 4.26. The number of hydrogen-bond acceptors (Lipinski definition) is 5. The van der Waals surface area contributed by atoms with E-state index in [2.05, 4.69) is 24.9 Å². The second-order valence-corrected chi connectivity index (χ2v) is 5.92. The molecule has 0 radical (unpaired) electrons. The zero-order valence-corrected chi connectivity index (χ0v) is 14.3. The fourth-order valence-corrected chi connectivity index (χ4v) is 2.77. The van der Waals surface area contributed by atoms with Crippen molar-refractivity contribution in [1.82, 2.24) is 24.9 Å². The number of nitrogens with one attached hydrogen (secondary N) is 1. The molecule has 4 aromatic rings. The molecule has 1 aromatic carbocycles. The summed E-state index contributed by atoms with van der Waals surface area (Å²) in [5, 5.41) is 0. The summed E-state index contributed by atoms with van der Waals surface area (Å²) in [5.41, 5.74) is 7.15. The van der Waals surface area contributed by atoms with Gasteiger partial charge in [-0.2, -0.15) is 13.2 Å². The summed E-state index contributed by atoms with van der Waals surface area (Å²) in [6.07, 6.45) is 0.214.